The van der Waals surface area contributed by atoms with Gasteiger partial charge in [-0.25, -0.2) is 4.98 Å². The Bertz CT molecular complexity index is 720. The second-order valence-electron chi connectivity index (χ2n) is 5.07. The van der Waals surface area contributed by atoms with E-state index < -0.39 is 0 Å². The van der Waals surface area contributed by atoms with Crippen molar-refractivity contribution >= 4 is 62.5 Å². The van der Waals surface area contributed by atoms with Crippen LogP contribution in [-0.2, 0) is 4.79 Å². The summed E-state index contributed by atoms with van der Waals surface area (Å²) in [6.45, 7) is 0. The monoisotopic (exact) mass is 435 g/mol. The van der Waals surface area contributed by atoms with Crippen LogP contribution in [0.5, 0.6) is 5.75 Å². The fourth-order valence-corrected chi connectivity index (χ4v) is 3.82. The number of halogens is 3. The van der Waals surface area contributed by atoms with Crippen LogP contribution in [0.25, 0.3) is 10.9 Å². The van der Waals surface area contributed by atoms with Crippen LogP contribution >= 0.6 is 45.8 Å². The molecule has 0 amide bonds. The third-order valence-electron chi connectivity index (χ3n) is 3.53. The molecule has 1 aromatic heterocycles. The number of ether oxygens (including phenoxy) is 1. The number of nitrogens with zero attached hydrogens (tertiary/aromatic N) is 1. The first kappa shape index (κ1) is 15.3. The third-order valence-corrected chi connectivity index (χ3v) is 4.85. The average Bonchev–Trinajstić information content (AvgIpc) is 2.43. The molecule has 0 radical (unpaired) electrons. The van der Waals surface area contributed by atoms with E-state index in [1.807, 2.05) is 12.1 Å². The molecular formula is C15H12Cl2INO2. The van der Waals surface area contributed by atoms with Gasteiger partial charge in [0.1, 0.15) is 22.6 Å². The second-order valence-corrected chi connectivity index (χ2v) is 7.03. The summed E-state index contributed by atoms with van der Waals surface area (Å²) in [6, 6.07) is 5.39. The second kappa shape index (κ2) is 6.26. The summed E-state index contributed by atoms with van der Waals surface area (Å²) < 4.78 is 6.94. The molecule has 3 nitrogen and oxygen atoms in total. The summed E-state index contributed by atoms with van der Waals surface area (Å²) in [5.74, 6) is 0.919. The minimum Gasteiger partial charge on any atom is -0.487 e. The van der Waals surface area contributed by atoms with Crippen molar-refractivity contribution in [2.45, 2.75) is 31.8 Å². The zero-order chi connectivity index (χ0) is 15.0. The van der Waals surface area contributed by atoms with E-state index in [1.165, 1.54) is 0 Å². The molecule has 6 heteroatoms. The van der Waals surface area contributed by atoms with E-state index in [1.54, 1.807) is 6.07 Å². The Morgan fingerprint density at radius 1 is 1.33 bits per heavy atom. The lowest BCUT2D eigenvalue weighted by Gasteiger charge is -2.23. The topological polar surface area (TPSA) is 39.2 Å². The first-order valence-corrected chi connectivity index (χ1v) is 8.50. The standard InChI is InChI=1S/C15H12Cl2INO2/c16-11-7-12(18)15(14-10(11)4-5-13(17)19-14)21-9-3-1-2-8(20)6-9/h4-5,7,9H,1-3,6H2. The van der Waals surface area contributed by atoms with Crippen molar-refractivity contribution in [3.63, 3.8) is 0 Å². The molecule has 0 bridgehead atoms. The van der Waals surface area contributed by atoms with Gasteiger partial charge in [0.25, 0.3) is 0 Å². The molecule has 1 saturated carbocycles. The predicted octanol–water partition coefficient (Wildman–Crippen LogP) is 5.04. The van der Waals surface area contributed by atoms with Crippen LogP contribution in [0.2, 0.25) is 10.2 Å². The van der Waals surface area contributed by atoms with Crippen LogP contribution in [0.15, 0.2) is 18.2 Å². The zero-order valence-corrected chi connectivity index (χ0v) is 14.7. The number of benzene rings is 1. The molecule has 2 aromatic rings. The Morgan fingerprint density at radius 2 is 2.14 bits per heavy atom. The molecule has 0 aliphatic heterocycles. The summed E-state index contributed by atoms with van der Waals surface area (Å²) in [4.78, 5) is 15.9. The fraction of sp³-hybridized carbons (Fsp3) is 0.333. The van der Waals surface area contributed by atoms with Crippen LogP contribution in [-0.4, -0.2) is 16.9 Å². The van der Waals surface area contributed by atoms with E-state index >= 15 is 0 Å². The van der Waals surface area contributed by atoms with Crippen molar-refractivity contribution in [2.75, 3.05) is 0 Å². The lowest BCUT2D eigenvalue weighted by molar-refractivity contribution is -0.122. The maximum atomic E-state index is 11.6. The van der Waals surface area contributed by atoms with Crippen LogP contribution in [0, 0.1) is 3.57 Å². The van der Waals surface area contributed by atoms with Gasteiger partial charge >= 0.3 is 0 Å². The summed E-state index contributed by atoms with van der Waals surface area (Å²) in [7, 11) is 0. The maximum absolute atomic E-state index is 11.6. The molecule has 21 heavy (non-hydrogen) atoms. The summed E-state index contributed by atoms with van der Waals surface area (Å²) in [5, 5.41) is 1.81. The van der Waals surface area contributed by atoms with Crippen LogP contribution < -0.4 is 4.74 Å². The fourth-order valence-electron chi connectivity index (χ4n) is 2.53. The molecule has 3 rings (SSSR count). The molecule has 0 N–H and O–H groups in total. The van der Waals surface area contributed by atoms with Crippen LogP contribution in [0.4, 0.5) is 0 Å². The molecule has 1 atom stereocenters. The Balaban J connectivity index is 2.04. The highest BCUT2D eigenvalue weighted by Gasteiger charge is 2.23. The van der Waals surface area contributed by atoms with Crippen LogP contribution in [0.1, 0.15) is 25.7 Å². The molecule has 0 spiro atoms. The highest BCUT2D eigenvalue weighted by Crippen LogP contribution is 2.37. The zero-order valence-electron chi connectivity index (χ0n) is 11.0. The SMILES string of the molecule is O=C1CCCC(Oc2c(I)cc(Cl)c3ccc(Cl)nc23)C1. The summed E-state index contributed by atoms with van der Waals surface area (Å²) >= 11 is 14.4. The van der Waals surface area contributed by atoms with E-state index in [9.17, 15) is 4.79 Å². The molecule has 1 aliphatic rings. The van der Waals surface area contributed by atoms with Crippen molar-refractivity contribution < 1.29 is 9.53 Å². The number of hydrogen-bond acceptors (Lipinski definition) is 3. The number of rotatable bonds is 2. The lowest BCUT2D eigenvalue weighted by atomic mass is 9.96. The Labute approximate surface area is 146 Å². The van der Waals surface area contributed by atoms with E-state index in [4.69, 9.17) is 27.9 Å². The van der Waals surface area contributed by atoms with Gasteiger partial charge in [0.2, 0.25) is 0 Å². The van der Waals surface area contributed by atoms with Gasteiger partial charge in [-0.3, -0.25) is 4.79 Å². The molecule has 1 unspecified atom stereocenters. The minimum absolute atomic E-state index is 0.0927. The molecular weight excluding hydrogens is 424 g/mol. The molecule has 1 aromatic carbocycles. The number of fused-ring (bicyclic) bond motifs is 1. The van der Waals surface area contributed by atoms with Crippen molar-refractivity contribution in [3.8, 4) is 5.75 Å². The van der Waals surface area contributed by atoms with Gasteiger partial charge in [-0.15, -0.1) is 0 Å². The van der Waals surface area contributed by atoms with Gasteiger partial charge in [0.15, 0.2) is 5.75 Å². The highest BCUT2D eigenvalue weighted by molar-refractivity contribution is 14.1. The van der Waals surface area contributed by atoms with Crippen LogP contribution in [0.3, 0.4) is 0 Å². The van der Waals surface area contributed by atoms with E-state index in [2.05, 4.69) is 27.6 Å². The summed E-state index contributed by atoms with van der Waals surface area (Å²) in [6.07, 6.45) is 2.78. The van der Waals surface area contributed by atoms with Crippen molar-refractivity contribution in [2.24, 2.45) is 0 Å². The highest BCUT2D eigenvalue weighted by atomic mass is 127. The number of ketones is 1. The van der Waals surface area contributed by atoms with Gasteiger partial charge in [-0.2, -0.15) is 0 Å². The van der Waals surface area contributed by atoms with Gasteiger partial charge in [-0.05, 0) is 53.6 Å². The predicted molar refractivity (Wildman–Crippen MR) is 92.4 cm³/mol. The van der Waals surface area contributed by atoms with Gasteiger partial charge in [0, 0.05) is 18.2 Å². The molecule has 1 fully saturated rings. The number of carbonyl (C=O) groups excluding carboxylic acids is 1. The Hall–Kier alpha value is -0.590. The number of pyridine rings is 1. The van der Waals surface area contributed by atoms with Gasteiger partial charge in [-0.1, -0.05) is 23.2 Å². The first-order chi connectivity index (χ1) is 10.0. The maximum Gasteiger partial charge on any atom is 0.159 e. The van der Waals surface area contributed by atoms with E-state index in [0.717, 1.165) is 21.8 Å². The first-order valence-electron chi connectivity index (χ1n) is 6.67. The number of aromatic nitrogens is 1. The third kappa shape index (κ3) is 3.27. The molecule has 110 valence electrons. The number of hydrogen-bond donors (Lipinski definition) is 0. The summed E-state index contributed by atoms with van der Waals surface area (Å²) in [5.41, 5.74) is 0.650. The van der Waals surface area contributed by atoms with Crippen molar-refractivity contribution in [1.29, 1.82) is 0 Å². The average molecular weight is 436 g/mol. The number of carbonyl (C=O) groups is 1. The van der Waals surface area contributed by atoms with Gasteiger partial charge < -0.3 is 4.74 Å². The normalized spacial score (nSPS) is 19.0. The van der Waals surface area contributed by atoms with Gasteiger partial charge in [0.05, 0.1) is 8.59 Å². The Kier molecular flexibility index (Phi) is 4.57. The minimum atomic E-state index is -0.0927. The van der Waals surface area contributed by atoms with Crippen molar-refractivity contribution in [3.05, 3.63) is 31.9 Å². The van der Waals surface area contributed by atoms with Crippen molar-refractivity contribution in [1.82, 2.24) is 4.98 Å². The number of Topliss-reactive ketones (excluding diaryl/α,β-unsaturated/α-hetero) is 1. The quantitative estimate of drug-likeness (QED) is 0.490. The molecule has 1 heterocycles. The molecule has 1 aliphatic carbocycles. The smallest absolute Gasteiger partial charge is 0.159 e. The largest absolute Gasteiger partial charge is 0.487 e. The van der Waals surface area contributed by atoms with E-state index in [0.29, 0.717) is 34.3 Å². The molecule has 0 saturated heterocycles. The lowest BCUT2D eigenvalue weighted by Crippen LogP contribution is -2.25. The Morgan fingerprint density at radius 3 is 2.90 bits per heavy atom. The van der Waals surface area contributed by atoms with E-state index in [-0.39, 0.29) is 11.9 Å².